The second-order valence-electron chi connectivity index (χ2n) is 9.16. The number of anilines is 1. The van der Waals surface area contributed by atoms with Crippen molar-refractivity contribution in [3.8, 4) is 0 Å². The summed E-state index contributed by atoms with van der Waals surface area (Å²) in [6, 6.07) is 1.74. The van der Waals surface area contributed by atoms with Gasteiger partial charge in [0.2, 0.25) is 5.91 Å². The highest BCUT2D eigenvalue weighted by Crippen LogP contribution is 2.30. The summed E-state index contributed by atoms with van der Waals surface area (Å²) in [6.45, 7) is 4.24. The lowest BCUT2D eigenvalue weighted by Crippen LogP contribution is -2.52. The third kappa shape index (κ3) is 5.21. The molecule has 2 fully saturated rings. The van der Waals surface area contributed by atoms with E-state index in [1.165, 1.54) is 0 Å². The largest absolute Gasteiger partial charge is 0.355 e. The van der Waals surface area contributed by atoms with E-state index in [2.05, 4.69) is 14.9 Å². The Labute approximate surface area is 199 Å². The van der Waals surface area contributed by atoms with Crippen LogP contribution in [-0.2, 0) is 27.5 Å². The Bertz CT molecular complexity index is 1150. The lowest BCUT2D eigenvalue weighted by Gasteiger charge is -2.42. The van der Waals surface area contributed by atoms with E-state index < -0.39 is 32.3 Å². The quantitative estimate of drug-likeness (QED) is 0.616. The first-order valence-corrected chi connectivity index (χ1v) is 13.6. The summed E-state index contributed by atoms with van der Waals surface area (Å²) in [5.74, 6) is -1.42. The van der Waals surface area contributed by atoms with Gasteiger partial charge in [-0.25, -0.2) is 22.2 Å². The molecule has 1 atom stereocenters. The normalized spacial score (nSPS) is 20.1. The Morgan fingerprint density at radius 1 is 1.03 bits per heavy atom. The van der Waals surface area contributed by atoms with Gasteiger partial charge in [0.05, 0.1) is 18.1 Å². The summed E-state index contributed by atoms with van der Waals surface area (Å²) in [6.07, 6.45) is 8.34. The fourth-order valence-corrected chi connectivity index (χ4v) is 5.64. The molecule has 2 aromatic rings. The van der Waals surface area contributed by atoms with Crippen LogP contribution in [0, 0.1) is 17.6 Å². The minimum Gasteiger partial charge on any atom is -0.355 e. The van der Waals surface area contributed by atoms with Crippen LogP contribution < -0.4 is 4.90 Å². The zero-order valence-electron chi connectivity index (χ0n) is 19.5. The second kappa shape index (κ2) is 9.93. The summed E-state index contributed by atoms with van der Waals surface area (Å²) in [7, 11) is -3.87. The molecule has 10 heteroatoms. The second-order valence-corrected chi connectivity index (χ2v) is 11.1. The number of hydrogen-bond acceptors (Lipinski definition) is 6. The molecule has 0 spiro atoms. The van der Waals surface area contributed by atoms with E-state index in [0.29, 0.717) is 13.0 Å². The third-order valence-electron chi connectivity index (χ3n) is 6.83. The number of rotatable bonds is 6. The molecule has 0 bridgehead atoms. The standard InChI is InChI=1S/C24H30F2N4O3S/c1-3-18-14-28-23(15-27-18)29-9-6-19(7-10-29)30-8-4-5-16(24(30)31)11-17-12-21(26)22(13-20(17)25)34(2,32)33/h12-16,19H,3-11H2,1-2H3/t16-/m1/s1. The van der Waals surface area contributed by atoms with E-state index in [-0.39, 0.29) is 23.9 Å². The topological polar surface area (TPSA) is 83.5 Å². The number of likely N-dealkylation sites (tertiary alicyclic amines) is 1. The van der Waals surface area contributed by atoms with Crippen LogP contribution in [0.3, 0.4) is 0 Å². The molecular formula is C24H30F2N4O3S. The van der Waals surface area contributed by atoms with Crippen LogP contribution >= 0.6 is 0 Å². The van der Waals surface area contributed by atoms with Crippen molar-refractivity contribution in [2.75, 3.05) is 30.8 Å². The number of sulfone groups is 1. The summed E-state index contributed by atoms with van der Waals surface area (Å²) >= 11 is 0. The molecule has 34 heavy (non-hydrogen) atoms. The van der Waals surface area contributed by atoms with Crippen molar-refractivity contribution in [3.05, 3.63) is 47.4 Å². The minimum absolute atomic E-state index is 0.0361. The van der Waals surface area contributed by atoms with E-state index in [1.54, 1.807) is 12.4 Å². The molecule has 184 valence electrons. The number of amides is 1. The number of piperidine rings is 2. The first-order valence-electron chi connectivity index (χ1n) is 11.7. The van der Waals surface area contributed by atoms with Gasteiger partial charge in [-0.3, -0.25) is 9.78 Å². The first-order chi connectivity index (χ1) is 16.2. The molecule has 0 saturated carbocycles. The van der Waals surface area contributed by atoms with Gasteiger partial charge >= 0.3 is 0 Å². The van der Waals surface area contributed by atoms with Gasteiger partial charge in [0.25, 0.3) is 0 Å². The van der Waals surface area contributed by atoms with Crippen LogP contribution in [0.5, 0.6) is 0 Å². The summed E-state index contributed by atoms with van der Waals surface area (Å²) in [5, 5.41) is 0. The molecule has 2 aliphatic rings. The van der Waals surface area contributed by atoms with Gasteiger partial charge in [-0.05, 0) is 56.2 Å². The van der Waals surface area contributed by atoms with Crippen molar-refractivity contribution < 1.29 is 22.0 Å². The highest BCUT2D eigenvalue weighted by Gasteiger charge is 2.35. The molecular weight excluding hydrogens is 462 g/mol. The van der Waals surface area contributed by atoms with Crippen molar-refractivity contribution in [1.29, 1.82) is 0 Å². The number of aromatic nitrogens is 2. The number of halogens is 2. The zero-order chi connectivity index (χ0) is 24.5. The van der Waals surface area contributed by atoms with Gasteiger partial charge in [-0.2, -0.15) is 0 Å². The molecule has 2 aliphatic heterocycles. The number of hydrogen-bond donors (Lipinski definition) is 0. The Hall–Kier alpha value is -2.62. The minimum atomic E-state index is -3.87. The Morgan fingerprint density at radius 3 is 2.38 bits per heavy atom. The van der Waals surface area contributed by atoms with Crippen molar-refractivity contribution in [3.63, 3.8) is 0 Å². The predicted molar refractivity (Wildman–Crippen MR) is 124 cm³/mol. The number of carbonyl (C=O) groups excluding carboxylic acids is 1. The Morgan fingerprint density at radius 2 is 1.76 bits per heavy atom. The maximum Gasteiger partial charge on any atom is 0.226 e. The number of carbonyl (C=O) groups is 1. The summed E-state index contributed by atoms with van der Waals surface area (Å²) in [4.78, 5) is 25.6. The monoisotopic (exact) mass is 492 g/mol. The lowest BCUT2D eigenvalue weighted by molar-refractivity contribution is -0.141. The molecule has 0 unspecified atom stereocenters. The van der Waals surface area contributed by atoms with Crippen molar-refractivity contribution >= 4 is 21.6 Å². The van der Waals surface area contributed by atoms with Gasteiger partial charge in [0, 0.05) is 37.8 Å². The van der Waals surface area contributed by atoms with Crippen LogP contribution in [0.15, 0.2) is 29.4 Å². The maximum absolute atomic E-state index is 14.6. The Balaban J connectivity index is 1.40. The van der Waals surface area contributed by atoms with Gasteiger partial charge in [0.1, 0.15) is 22.3 Å². The van der Waals surface area contributed by atoms with E-state index in [4.69, 9.17) is 0 Å². The fraction of sp³-hybridized carbons (Fsp3) is 0.542. The van der Waals surface area contributed by atoms with Gasteiger partial charge < -0.3 is 9.80 Å². The van der Waals surface area contributed by atoms with Crippen molar-refractivity contribution in [2.24, 2.45) is 5.92 Å². The van der Waals surface area contributed by atoms with Crippen LogP contribution in [0.2, 0.25) is 0 Å². The van der Waals surface area contributed by atoms with Crippen LogP contribution in [-0.4, -0.2) is 61.1 Å². The SMILES string of the molecule is CCc1cnc(N2CCC(N3CCC[C@H](Cc4cc(F)c(S(C)(=O)=O)cc4F)C3=O)CC2)cn1. The molecule has 7 nitrogen and oxygen atoms in total. The number of nitrogens with zero attached hydrogens (tertiary/aromatic N) is 4. The van der Waals surface area contributed by atoms with Crippen molar-refractivity contribution in [2.45, 2.75) is 56.4 Å². The zero-order valence-corrected chi connectivity index (χ0v) is 20.3. The van der Waals surface area contributed by atoms with Gasteiger partial charge in [0.15, 0.2) is 9.84 Å². The molecule has 2 saturated heterocycles. The van der Waals surface area contributed by atoms with E-state index in [9.17, 15) is 22.0 Å². The third-order valence-corrected chi connectivity index (χ3v) is 7.95. The highest BCUT2D eigenvalue weighted by atomic mass is 32.2. The highest BCUT2D eigenvalue weighted by molar-refractivity contribution is 7.90. The molecule has 1 aromatic heterocycles. The first kappa shape index (κ1) is 24.5. The van der Waals surface area contributed by atoms with Crippen LogP contribution in [0.4, 0.5) is 14.6 Å². The smallest absolute Gasteiger partial charge is 0.226 e. The van der Waals surface area contributed by atoms with Crippen LogP contribution in [0.1, 0.15) is 43.9 Å². The average Bonchev–Trinajstić information content (AvgIpc) is 2.82. The number of benzene rings is 1. The van der Waals surface area contributed by atoms with Crippen LogP contribution in [0.25, 0.3) is 0 Å². The molecule has 0 radical (unpaired) electrons. The molecule has 0 N–H and O–H groups in total. The lowest BCUT2D eigenvalue weighted by atomic mass is 9.88. The van der Waals surface area contributed by atoms with Gasteiger partial charge in [-0.15, -0.1) is 0 Å². The fourth-order valence-electron chi connectivity index (χ4n) is 4.90. The number of aryl methyl sites for hydroxylation is 1. The van der Waals surface area contributed by atoms with E-state index in [0.717, 1.165) is 68.7 Å². The molecule has 1 amide bonds. The van der Waals surface area contributed by atoms with Crippen molar-refractivity contribution in [1.82, 2.24) is 14.9 Å². The molecule has 4 rings (SSSR count). The molecule has 1 aromatic carbocycles. The van der Waals surface area contributed by atoms with Gasteiger partial charge in [-0.1, -0.05) is 6.92 Å². The summed E-state index contributed by atoms with van der Waals surface area (Å²) in [5.41, 5.74) is 0.986. The molecule has 0 aliphatic carbocycles. The maximum atomic E-state index is 14.6. The van der Waals surface area contributed by atoms with E-state index >= 15 is 0 Å². The van der Waals surface area contributed by atoms with E-state index in [1.807, 2.05) is 11.8 Å². The summed E-state index contributed by atoms with van der Waals surface area (Å²) < 4.78 is 52.2. The Kier molecular flexibility index (Phi) is 7.16. The average molecular weight is 493 g/mol. The predicted octanol–water partition coefficient (Wildman–Crippen LogP) is 3.17. The molecule has 3 heterocycles.